The Labute approximate surface area is 219 Å². The first-order chi connectivity index (χ1) is 18.0. The number of ether oxygens (including phenoxy) is 1. The number of fused-ring (bicyclic) bond motifs is 1. The van der Waals surface area contributed by atoms with Crippen LogP contribution in [0, 0.1) is 11.7 Å². The van der Waals surface area contributed by atoms with Crippen LogP contribution in [0.4, 0.5) is 4.39 Å². The zero-order valence-electron chi connectivity index (χ0n) is 20.9. The number of hydrogen-bond donors (Lipinski definition) is 0. The third-order valence-electron chi connectivity index (χ3n) is 6.88. The molecule has 6 nitrogen and oxygen atoms in total. The molecule has 3 aromatic heterocycles. The molecule has 1 aromatic carbocycles. The van der Waals surface area contributed by atoms with Crippen LogP contribution in [0.25, 0.3) is 20.8 Å². The molecule has 0 bridgehead atoms. The van der Waals surface area contributed by atoms with E-state index in [1.807, 2.05) is 16.8 Å². The number of pyridine rings is 1. The van der Waals surface area contributed by atoms with Crippen LogP contribution in [0.1, 0.15) is 57.4 Å². The Morgan fingerprint density at radius 2 is 1.92 bits per heavy atom. The molecule has 0 amide bonds. The summed E-state index contributed by atoms with van der Waals surface area (Å²) in [6.45, 7) is 2.89. The fourth-order valence-corrected chi connectivity index (χ4v) is 5.96. The number of Topliss-reactive ketones (excluding diaryl/α,β-unsaturated/α-hetero) is 2. The second kappa shape index (κ2) is 11.3. The summed E-state index contributed by atoms with van der Waals surface area (Å²) in [4.78, 5) is 34.6. The van der Waals surface area contributed by atoms with Gasteiger partial charge >= 0.3 is 0 Å². The molecular formula is C29H30FN3O3S. The molecule has 5 rings (SSSR count). The first kappa shape index (κ1) is 25.3. The van der Waals surface area contributed by atoms with Gasteiger partial charge in [-0.15, -0.1) is 11.3 Å². The second-order valence-corrected chi connectivity index (χ2v) is 10.8. The average Bonchev–Trinajstić information content (AvgIpc) is 3.54. The van der Waals surface area contributed by atoms with Crippen molar-refractivity contribution in [3.8, 4) is 22.1 Å². The van der Waals surface area contributed by atoms with Gasteiger partial charge in [-0.25, -0.2) is 9.37 Å². The Hall–Kier alpha value is -3.39. The van der Waals surface area contributed by atoms with Crippen molar-refractivity contribution >= 4 is 33.1 Å². The van der Waals surface area contributed by atoms with Gasteiger partial charge in [-0.1, -0.05) is 38.2 Å². The van der Waals surface area contributed by atoms with Crippen LogP contribution < -0.4 is 4.74 Å². The second-order valence-electron chi connectivity index (χ2n) is 9.73. The van der Waals surface area contributed by atoms with Crippen molar-refractivity contribution in [2.24, 2.45) is 5.92 Å². The van der Waals surface area contributed by atoms with Crippen LogP contribution in [-0.4, -0.2) is 26.1 Å². The SMILES string of the molecule is CCn1cnc(-c2cc3nccc(Oc4ccc(CC(=O)CC(=O)CC5CCCCC5)cc4F)c3s2)c1. The maximum atomic E-state index is 14.9. The van der Waals surface area contributed by atoms with Gasteiger partial charge in [0.15, 0.2) is 11.6 Å². The minimum Gasteiger partial charge on any atom is -0.453 e. The molecule has 0 N–H and O–H groups in total. The Morgan fingerprint density at radius 3 is 2.68 bits per heavy atom. The van der Waals surface area contributed by atoms with Crippen molar-refractivity contribution in [2.45, 2.75) is 64.8 Å². The van der Waals surface area contributed by atoms with E-state index in [1.165, 1.54) is 42.7 Å². The van der Waals surface area contributed by atoms with Gasteiger partial charge in [0.2, 0.25) is 0 Å². The highest BCUT2D eigenvalue weighted by Crippen LogP contribution is 2.39. The molecule has 0 saturated heterocycles. The van der Waals surface area contributed by atoms with E-state index >= 15 is 0 Å². The highest BCUT2D eigenvalue weighted by Gasteiger charge is 2.20. The molecule has 37 heavy (non-hydrogen) atoms. The number of rotatable bonds is 10. The zero-order valence-corrected chi connectivity index (χ0v) is 21.7. The molecule has 8 heteroatoms. The number of carbonyl (C=O) groups is 2. The highest BCUT2D eigenvalue weighted by atomic mass is 32.1. The topological polar surface area (TPSA) is 74.1 Å². The quantitative estimate of drug-likeness (QED) is 0.208. The van der Waals surface area contributed by atoms with Crippen LogP contribution in [0.15, 0.2) is 49.1 Å². The molecule has 0 unspecified atom stereocenters. The van der Waals surface area contributed by atoms with E-state index in [-0.39, 0.29) is 30.2 Å². The number of benzene rings is 1. The predicted molar refractivity (Wildman–Crippen MR) is 143 cm³/mol. The van der Waals surface area contributed by atoms with E-state index in [4.69, 9.17) is 4.74 Å². The first-order valence-corrected chi connectivity index (χ1v) is 13.7. The van der Waals surface area contributed by atoms with E-state index < -0.39 is 5.82 Å². The number of hydrogen-bond acceptors (Lipinski definition) is 6. The highest BCUT2D eigenvalue weighted by molar-refractivity contribution is 7.22. The van der Waals surface area contributed by atoms with Crippen molar-refractivity contribution < 1.29 is 18.7 Å². The summed E-state index contributed by atoms with van der Waals surface area (Å²) in [5.41, 5.74) is 2.14. The molecule has 0 spiro atoms. The van der Waals surface area contributed by atoms with Crippen LogP contribution in [0.5, 0.6) is 11.5 Å². The normalized spacial score (nSPS) is 14.2. The van der Waals surface area contributed by atoms with E-state index in [0.717, 1.165) is 40.2 Å². The third kappa shape index (κ3) is 6.13. The van der Waals surface area contributed by atoms with Crippen molar-refractivity contribution in [1.29, 1.82) is 0 Å². The van der Waals surface area contributed by atoms with Crippen molar-refractivity contribution in [2.75, 3.05) is 0 Å². The summed E-state index contributed by atoms with van der Waals surface area (Å²) in [6.07, 6.45) is 11.6. The lowest BCUT2D eigenvalue weighted by molar-refractivity contribution is -0.127. The minimum atomic E-state index is -0.553. The van der Waals surface area contributed by atoms with Gasteiger partial charge in [0, 0.05) is 37.8 Å². The maximum absolute atomic E-state index is 14.9. The van der Waals surface area contributed by atoms with Crippen LogP contribution >= 0.6 is 11.3 Å². The Balaban J connectivity index is 1.24. The fraction of sp³-hybridized carbons (Fsp3) is 0.379. The summed E-state index contributed by atoms with van der Waals surface area (Å²) in [7, 11) is 0. The fourth-order valence-electron chi connectivity index (χ4n) is 4.93. The number of aryl methyl sites for hydroxylation is 1. The number of nitrogens with zero attached hydrogens (tertiary/aromatic N) is 3. The van der Waals surface area contributed by atoms with Crippen molar-refractivity contribution in [1.82, 2.24) is 14.5 Å². The lowest BCUT2D eigenvalue weighted by atomic mass is 9.85. The summed E-state index contributed by atoms with van der Waals surface area (Å²) in [5, 5.41) is 0. The first-order valence-electron chi connectivity index (χ1n) is 12.9. The third-order valence-corrected chi connectivity index (χ3v) is 8.04. The zero-order chi connectivity index (χ0) is 25.8. The van der Waals surface area contributed by atoms with E-state index in [1.54, 1.807) is 24.7 Å². The lowest BCUT2D eigenvalue weighted by Crippen LogP contribution is -2.16. The summed E-state index contributed by atoms with van der Waals surface area (Å²) in [5.74, 6) is 0.254. The van der Waals surface area contributed by atoms with Gasteiger partial charge < -0.3 is 9.30 Å². The Morgan fingerprint density at radius 1 is 1.08 bits per heavy atom. The molecule has 1 aliphatic carbocycles. The van der Waals surface area contributed by atoms with Crippen molar-refractivity contribution in [3.63, 3.8) is 0 Å². The number of ketones is 2. The number of imidazole rings is 1. The van der Waals surface area contributed by atoms with Crippen LogP contribution in [0.3, 0.4) is 0 Å². The summed E-state index contributed by atoms with van der Waals surface area (Å²) < 4.78 is 23.7. The van der Waals surface area contributed by atoms with Crippen molar-refractivity contribution in [3.05, 3.63) is 60.4 Å². The number of carbonyl (C=O) groups excluding carboxylic acids is 2. The molecule has 4 aromatic rings. The molecule has 192 valence electrons. The number of aromatic nitrogens is 3. The average molecular weight is 520 g/mol. The summed E-state index contributed by atoms with van der Waals surface area (Å²) >= 11 is 1.49. The van der Waals surface area contributed by atoms with Gasteiger partial charge in [-0.2, -0.15) is 0 Å². The van der Waals surface area contributed by atoms with Gasteiger partial charge in [0.05, 0.1) is 33.5 Å². The van der Waals surface area contributed by atoms with Gasteiger partial charge in [-0.05, 0) is 36.6 Å². The van der Waals surface area contributed by atoms with Crippen LogP contribution in [-0.2, 0) is 22.6 Å². The molecule has 0 aliphatic heterocycles. The standard InChI is InChI=1S/C29H30FN3O3S/c1-2-33-17-25(32-18-33)28-16-24-29(37-28)27(10-11-31-24)36-26-9-8-20(14-23(26)30)13-22(35)15-21(34)12-19-6-4-3-5-7-19/h8-11,14,16-19H,2-7,12-13,15H2,1H3. The predicted octanol–water partition coefficient (Wildman–Crippen LogP) is 7.15. The number of thiophene rings is 1. The molecule has 0 radical (unpaired) electrons. The van der Waals surface area contributed by atoms with Gasteiger partial charge in [0.1, 0.15) is 17.3 Å². The maximum Gasteiger partial charge on any atom is 0.166 e. The Kier molecular flexibility index (Phi) is 7.74. The van der Waals surface area contributed by atoms with E-state index in [2.05, 4.69) is 16.9 Å². The van der Waals surface area contributed by atoms with Gasteiger partial charge in [0.25, 0.3) is 0 Å². The monoisotopic (exact) mass is 519 g/mol. The molecule has 1 saturated carbocycles. The Bertz CT molecular complexity index is 1420. The molecule has 0 atom stereocenters. The lowest BCUT2D eigenvalue weighted by Gasteiger charge is -2.20. The number of halogens is 1. The molecule has 3 heterocycles. The van der Waals surface area contributed by atoms with E-state index in [9.17, 15) is 14.0 Å². The molecule has 1 aliphatic rings. The summed E-state index contributed by atoms with van der Waals surface area (Å²) in [6, 6.07) is 8.19. The molecule has 1 fully saturated rings. The van der Waals surface area contributed by atoms with Crippen LogP contribution in [0.2, 0.25) is 0 Å². The van der Waals surface area contributed by atoms with E-state index in [0.29, 0.717) is 23.7 Å². The largest absolute Gasteiger partial charge is 0.453 e. The minimum absolute atomic E-state index is 0.00388. The smallest absolute Gasteiger partial charge is 0.166 e. The van der Waals surface area contributed by atoms with Gasteiger partial charge in [-0.3, -0.25) is 14.6 Å². The molecular weight excluding hydrogens is 489 g/mol.